The fraction of sp³-hybridized carbons (Fsp3) is 0.533. The van der Waals surface area contributed by atoms with Crippen molar-refractivity contribution in [3.63, 3.8) is 0 Å². The van der Waals surface area contributed by atoms with Crippen molar-refractivity contribution < 1.29 is 22.7 Å². The smallest absolute Gasteiger partial charge is 0.381 e. The summed E-state index contributed by atoms with van der Waals surface area (Å²) in [6.45, 7) is -0.488. The van der Waals surface area contributed by atoms with Gasteiger partial charge in [0.15, 0.2) is 0 Å². The summed E-state index contributed by atoms with van der Waals surface area (Å²) in [6.07, 6.45) is -3.71. The maximum Gasteiger partial charge on any atom is 0.406 e. The van der Waals surface area contributed by atoms with Gasteiger partial charge >= 0.3 is 6.18 Å². The minimum absolute atomic E-state index is 0.132. The SMILES string of the molecule is O=C(Cc1ccccc1Cl)N(CC(F)(F)F)C1CCOCC1. The molecule has 0 atom stereocenters. The van der Waals surface area contributed by atoms with E-state index in [0.717, 1.165) is 4.90 Å². The Labute approximate surface area is 132 Å². The Morgan fingerprint density at radius 1 is 1.27 bits per heavy atom. The van der Waals surface area contributed by atoms with Crippen molar-refractivity contribution in [3.8, 4) is 0 Å². The summed E-state index contributed by atoms with van der Waals surface area (Å²) in [6, 6.07) is 6.24. The molecule has 1 aliphatic rings. The van der Waals surface area contributed by atoms with Gasteiger partial charge in [-0.15, -0.1) is 0 Å². The molecule has 0 N–H and O–H groups in total. The number of rotatable bonds is 4. The first kappa shape index (κ1) is 17.1. The molecule has 0 unspecified atom stereocenters. The second kappa shape index (κ2) is 7.33. The average Bonchev–Trinajstić information content (AvgIpc) is 2.47. The topological polar surface area (TPSA) is 29.5 Å². The van der Waals surface area contributed by atoms with Gasteiger partial charge in [0.25, 0.3) is 0 Å². The molecule has 1 aromatic rings. The number of hydrogen-bond acceptors (Lipinski definition) is 2. The molecule has 0 radical (unpaired) electrons. The Balaban J connectivity index is 2.12. The number of benzene rings is 1. The number of nitrogens with zero attached hydrogens (tertiary/aromatic N) is 1. The van der Waals surface area contributed by atoms with E-state index in [1.807, 2.05) is 0 Å². The molecule has 1 fully saturated rings. The van der Waals surface area contributed by atoms with Gasteiger partial charge in [-0.25, -0.2) is 0 Å². The summed E-state index contributed by atoms with van der Waals surface area (Å²) in [4.78, 5) is 13.3. The fourth-order valence-electron chi connectivity index (χ4n) is 2.52. The summed E-state index contributed by atoms with van der Waals surface area (Å²) >= 11 is 5.98. The lowest BCUT2D eigenvalue weighted by atomic mass is 10.0. The summed E-state index contributed by atoms with van der Waals surface area (Å²) in [5.41, 5.74) is 0.536. The Morgan fingerprint density at radius 3 is 2.50 bits per heavy atom. The van der Waals surface area contributed by atoms with Crippen LogP contribution in [0.5, 0.6) is 0 Å². The molecule has 0 spiro atoms. The first-order valence-electron chi connectivity index (χ1n) is 7.04. The van der Waals surface area contributed by atoms with Crippen LogP contribution >= 0.6 is 11.6 Å². The van der Waals surface area contributed by atoms with Crippen molar-refractivity contribution in [2.75, 3.05) is 19.8 Å². The number of ether oxygens (including phenoxy) is 1. The zero-order valence-electron chi connectivity index (χ0n) is 11.9. The minimum Gasteiger partial charge on any atom is -0.381 e. The van der Waals surface area contributed by atoms with Gasteiger partial charge in [0.1, 0.15) is 6.54 Å². The highest BCUT2D eigenvalue weighted by Gasteiger charge is 2.37. The highest BCUT2D eigenvalue weighted by Crippen LogP contribution is 2.24. The number of carbonyl (C=O) groups is 1. The predicted molar refractivity (Wildman–Crippen MR) is 76.8 cm³/mol. The molecule has 1 amide bonds. The summed E-state index contributed by atoms with van der Waals surface area (Å²) in [5.74, 6) is -0.558. The van der Waals surface area contributed by atoms with Gasteiger partial charge in [-0.3, -0.25) is 4.79 Å². The largest absolute Gasteiger partial charge is 0.406 e. The van der Waals surface area contributed by atoms with Crippen LogP contribution in [-0.2, 0) is 16.0 Å². The number of carbonyl (C=O) groups excluding carboxylic acids is 1. The molecule has 22 heavy (non-hydrogen) atoms. The molecule has 2 rings (SSSR count). The number of halogens is 4. The van der Waals surface area contributed by atoms with Crippen LogP contribution in [0.2, 0.25) is 5.02 Å². The monoisotopic (exact) mass is 335 g/mol. The van der Waals surface area contributed by atoms with Gasteiger partial charge < -0.3 is 9.64 Å². The van der Waals surface area contributed by atoms with E-state index in [1.165, 1.54) is 0 Å². The molecule has 122 valence electrons. The Morgan fingerprint density at radius 2 is 1.91 bits per heavy atom. The van der Waals surface area contributed by atoms with Crippen molar-refractivity contribution in [2.45, 2.75) is 31.5 Å². The molecule has 1 aliphatic heterocycles. The van der Waals surface area contributed by atoms with E-state index in [4.69, 9.17) is 16.3 Å². The van der Waals surface area contributed by atoms with E-state index >= 15 is 0 Å². The van der Waals surface area contributed by atoms with Gasteiger partial charge in [0.2, 0.25) is 5.91 Å². The standard InChI is InChI=1S/C15H17ClF3NO2/c16-13-4-2-1-3-11(13)9-14(21)20(10-15(17,18)19)12-5-7-22-8-6-12/h1-4,12H,5-10H2. The Kier molecular flexibility index (Phi) is 5.69. The summed E-state index contributed by atoms with van der Waals surface area (Å²) in [7, 11) is 0. The van der Waals surface area contributed by atoms with Crippen LogP contribution in [-0.4, -0.2) is 42.8 Å². The van der Waals surface area contributed by atoms with Gasteiger partial charge in [-0.2, -0.15) is 13.2 Å². The molecule has 1 aromatic carbocycles. The second-order valence-corrected chi connectivity index (χ2v) is 5.66. The van der Waals surface area contributed by atoms with Crippen LogP contribution in [0, 0.1) is 0 Å². The molecular formula is C15H17ClF3NO2. The van der Waals surface area contributed by atoms with E-state index in [2.05, 4.69) is 0 Å². The van der Waals surface area contributed by atoms with Gasteiger partial charge in [-0.1, -0.05) is 29.8 Å². The molecular weight excluding hydrogens is 319 g/mol. The van der Waals surface area contributed by atoms with Crippen LogP contribution in [0.15, 0.2) is 24.3 Å². The van der Waals surface area contributed by atoms with E-state index in [1.54, 1.807) is 24.3 Å². The van der Waals surface area contributed by atoms with Crippen molar-refractivity contribution in [1.29, 1.82) is 0 Å². The van der Waals surface area contributed by atoms with Crippen LogP contribution in [0.1, 0.15) is 18.4 Å². The lowest BCUT2D eigenvalue weighted by Crippen LogP contribution is -2.48. The minimum atomic E-state index is -4.42. The van der Waals surface area contributed by atoms with Crippen molar-refractivity contribution in [1.82, 2.24) is 4.90 Å². The quantitative estimate of drug-likeness (QED) is 0.843. The van der Waals surface area contributed by atoms with Crippen molar-refractivity contribution >= 4 is 17.5 Å². The highest BCUT2D eigenvalue weighted by molar-refractivity contribution is 6.31. The molecule has 3 nitrogen and oxygen atoms in total. The third-order valence-electron chi connectivity index (χ3n) is 3.60. The maximum absolute atomic E-state index is 12.8. The normalized spacial score (nSPS) is 16.5. The van der Waals surface area contributed by atoms with E-state index in [0.29, 0.717) is 36.6 Å². The van der Waals surface area contributed by atoms with E-state index in [-0.39, 0.29) is 6.42 Å². The molecule has 1 saturated heterocycles. The summed E-state index contributed by atoms with van der Waals surface area (Å²) in [5, 5.41) is 0.384. The molecule has 0 aliphatic carbocycles. The third-order valence-corrected chi connectivity index (χ3v) is 3.97. The van der Waals surface area contributed by atoms with E-state index < -0.39 is 24.7 Å². The van der Waals surface area contributed by atoms with Gasteiger partial charge in [0, 0.05) is 24.3 Å². The Hall–Kier alpha value is -1.27. The lowest BCUT2D eigenvalue weighted by Gasteiger charge is -2.35. The average molecular weight is 336 g/mol. The zero-order valence-corrected chi connectivity index (χ0v) is 12.7. The molecule has 0 aromatic heterocycles. The van der Waals surface area contributed by atoms with Crippen molar-refractivity contribution in [2.24, 2.45) is 0 Å². The summed E-state index contributed by atoms with van der Waals surface area (Å²) < 4.78 is 43.5. The van der Waals surface area contributed by atoms with Gasteiger partial charge in [-0.05, 0) is 24.5 Å². The number of alkyl halides is 3. The van der Waals surface area contributed by atoms with Crippen molar-refractivity contribution in [3.05, 3.63) is 34.9 Å². The number of hydrogen-bond donors (Lipinski definition) is 0. The molecule has 1 heterocycles. The second-order valence-electron chi connectivity index (χ2n) is 5.25. The first-order valence-corrected chi connectivity index (χ1v) is 7.42. The third kappa shape index (κ3) is 4.88. The van der Waals surface area contributed by atoms with Crippen LogP contribution in [0.3, 0.4) is 0 Å². The highest BCUT2D eigenvalue weighted by atomic mass is 35.5. The predicted octanol–water partition coefficient (Wildman–Crippen LogP) is 3.45. The van der Waals surface area contributed by atoms with Crippen LogP contribution < -0.4 is 0 Å². The van der Waals surface area contributed by atoms with Crippen LogP contribution in [0.25, 0.3) is 0 Å². The zero-order chi connectivity index (χ0) is 16.2. The Bertz CT molecular complexity index is 516. The molecule has 0 saturated carbocycles. The lowest BCUT2D eigenvalue weighted by molar-refractivity contribution is -0.168. The number of amides is 1. The van der Waals surface area contributed by atoms with E-state index in [9.17, 15) is 18.0 Å². The molecule has 0 bridgehead atoms. The maximum atomic E-state index is 12.8. The van der Waals surface area contributed by atoms with Gasteiger partial charge in [0.05, 0.1) is 6.42 Å². The molecule has 7 heteroatoms. The fourth-order valence-corrected chi connectivity index (χ4v) is 2.72. The first-order chi connectivity index (χ1) is 10.4. The van der Waals surface area contributed by atoms with Crippen LogP contribution in [0.4, 0.5) is 13.2 Å².